The van der Waals surface area contributed by atoms with Crippen LogP contribution >= 0.6 is 0 Å². The Bertz CT molecular complexity index is 860. The molecule has 2 heterocycles. The molecule has 1 saturated heterocycles. The van der Waals surface area contributed by atoms with Crippen LogP contribution in [0.25, 0.3) is 11.0 Å². The molecule has 1 aliphatic heterocycles. The third-order valence-electron chi connectivity index (χ3n) is 4.71. The van der Waals surface area contributed by atoms with Gasteiger partial charge in [0.2, 0.25) is 5.91 Å². The van der Waals surface area contributed by atoms with Crippen LogP contribution in [0.15, 0.2) is 54.6 Å². The summed E-state index contributed by atoms with van der Waals surface area (Å²) in [6.45, 7) is 0.781. The Kier molecular flexibility index (Phi) is 4.64. The van der Waals surface area contributed by atoms with Gasteiger partial charge in [0.1, 0.15) is 17.6 Å². The van der Waals surface area contributed by atoms with E-state index in [1.165, 1.54) is 10.4 Å². The van der Waals surface area contributed by atoms with Crippen molar-refractivity contribution in [3.8, 4) is 0 Å². The summed E-state index contributed by atoms with van der Waals surface area (Å²) in [4.78, 5) is 15.7. The highest BCUT2D eigenvalue weighted by Gasteiger charge is 2.26. The number of benzene rings is 2. The van der Waals surface area contributed by atoms with Crippen LogP contribution in [-0.2, 0) is 11.3 Å². The lowest BCUT2D eigenvalue weighted by Gasteiger charge is -2.20. The maximum absolute atomic E-state index is 12.5. The van der Waals surface area contributed by atoms with Crippen molar-refractivity contribution in [1.29, 1.82) is 0 Å². The first-order valence-corrected chi connectivity index (χ1v) is 8.79. The van der Waals surface area contributed by atoms with Gasteiger partial charge in [0.25, 0.3) is 0 Å². The Hall–Kier alpha value is -2.77. The van der Waals surface area contributed by atoms with Gasteiger partial charge in [0.05, 0.1) is 0 Å². The Morgan fingerprint density at radius 1 is 1.08 bits per heavy atom. The molecule has 2 N–H and O–H groups in total. The summed E-state index contributed by atoms with van der Waals surface area (Å²) in [5.74, 6) is -0.00438. The molecule has 1 aromatic heterocycles. The summed E-state index contributed by atoms with van der Waals surface area (Å²) in [5, 5.41) is 8.70. The number of nitrogens with zero attached hydrogens (tertiary/aromatic N) is 4. The predicted molar refractivity (Wildman–Crippen MR) is 99.0 cm³/mol. The zero-order valence-electron chi connectivity index (χ0n) is 14.7. The number of likely N-dealkylation sites (N-methyl/N-ethyl adjacent to an activating group) is 1. The van der Waals surface area contributed by atoms with Gasteiger partial charge in [0, 0.05) is 25.7 Å². The first-order chi connectivity index (χ1) is 12.7. The Labute approximate surface area is 152 Å². The minimum atomic E-state index is -0.00438. The Balaban J connectivity index is 1.33. The van der Waals surface area contributed by atoms with Crippen LogP contribution in [0.1, 0.15) is 18.0 Å². The largest absolute Gasteiger partial charge is 0.342 e. The fourth-order valence-electron chi connectivity index (χ4n) is 3.29. The van der Waals surface area contributed by atoms with Gasteiger partial charge in [-0.25, -0.2) is 5.43 Å². The van der Waals surface area contributed by atoms with E-state index in [-0.39, 0.29) is 24.5 Å². The van der Waals surface area contributed by atoms with Gasteiger partial charge in [-0.05, 0) is 24.1 Å². The van der Waals surface area contributed by atoms with Crippen LogP contribution in [0.2, 0.25) is 0 Å². The SMILES string of the molecule is CN(CC1CC(c2ccccc2)NN1)C(=O)Cn1nc2ccccc2n1. The van der Waals surface area contributed by atoms with Crippen LogP contribution in [0.4, 0.5) is 0 Å². The lowest BCUT2D eigenvalue weighted by atomic mass is 10.0. The fourth-order valence-corrected chi connectivity index (χ4v) is 3.29. The van der Waals surface area contributed by atoms with Crippen molar-refractivity contribution in [1.82, 2.24) is 30.7 Å². The van der Waals surface area contributed by atoms with E-state index in [1.54, 1.807) is 4.90 Å². The molecular formula is C19H22N6O. The molecule has 0 spiro atoms. The van der Waals surface area contributed by atoms with Crippen LogP contribution in [0.3, 0.4) is 0 Å². The van der Waals surface area contributed by atoms with Crippen molar-refractivity contribution in [2.45, 2.75) is 25.0 Å². The standard InChI is InChI=1S/C19H22N6O/c1-24(12-15-11-18(21-20-15)14-7-3-2-4-8-14)19(26)13-25-22-16-9-5-6-10-17(16)23-25/h2-10,15,18,20-21H,11-13H2,1H3. The molecule has 134 valence electrons. The average Bonchev–Trinajstić information content (AvgIpc) is 3.28. The summed E-state index contributed by atoms with van der Waals surface area (Å²) >= 11 is 0. The molecular weight excluding hydrogens is 328 g/mol. The molecule has 26 heavy (non-hydrogen) atoms. The molecule has 0 bridgehead atoms. The highest BCUT2D eigenvalue weighted by molar-refractivity contribution is 5.77. The molecule has 1 amide bonds. The Morgan fingerprint density at radius 2 is 1.73 bits per heavy atom. The highest BCUT2D eigenvalue weighted by atomic mass is 16.2. The van der Waals surface area contributed by atoms with Gasteiger partial charge in [-0.2, -0.15) is 15.0 Å². The second-order valence-corrected chi connectivity index (χ2v) is 6.68. The molecule has 0 saturated carbocycles. The molecule has 2 unspecified atom stereocenters. The van der Waals surface area contributed by atoms with Crippen LogP contribution < -0.4 is 10.9 Å². The molecule has 2 aromatic carbocycles. The van der Waals surface area contributed by atoms with Gasteiger partial charge >= 0.3 is 0 Å². The predicted octanol–water partition coefficient (Wildman–Crippen LogP) is 1.50. The minimum absolute atomic E-state index is 0.00438. The summed E-state index contributed by atoms with van der Waals surface area (Å²) in [5.41, 5.74) is 9.47. The number of carbonyl (C=O) groups is 1. The maximum Gasteiger partial charge on any atom is 0.245 e. The normalized spacial score (nSPS) is 19.7. The number of nitrogens with one attached hydrogen (secondary N) is 2. The molecule has 7 heteroatoms. The number of fused-ring (bicyclic) bond motifs is 1. The number of hydrogen-bond donors (Lipinski definition) is 2. The van der Waals surface area contributed by atoms with E-state index >= 15 is 0 Å². The second-order valence-electron chi connectivity index (χ2n) is 6.68. The van der Waals surface area contributed by atoms with Crippen molar-refractivity contribution >= 4 is 16.9 Å². The van der Waals surface area contributed by atoms with E-state index < -0.39 is 0 Å². The third-order valence-corrected chi connectivity index (χ3v) is 4.71. The van der Waals surface area contributed by atoms with Crippen LogP contribution in [0, 0.1) is 0 Å². The van der Waals surface area contributed by atoms with Crippen molar-refractivity contribution in [2.24, 2.45) is 0 Å². The molecule has 7 nitrogen and oxygen atoms in total. The van der Waals surface area contributed by atoms with E-state index in [0.29, 0.717) is 6.54 Å². The topological polar surface area (TPSA) is 75.1 Å². The van der Waals surface area contributed by atoms with Crippen molar-refractivity contribution in [2.75, 3.05) is 13.6 Å². The number of amides is 1. The number of rotatable bonds is 5. The van der Waals surface area contributed by atoms with Gasteiger partial charge < -0.3 is 4.90 Å². The molecule has 0 aliphatic carbocycles. The number of aromatic nitrogens is 3. The highest BCUT2D eigenvalue weighted by Crippen LogP contribution is 2.22. The summed E-state index contributed by atoms with van der Waals surface area (Å²) < 4.78 is 0. The third kappa shape index (κ3) is 3.58. The van der Waals surface area contributed by atoms with E-state index in [1.807, 2.05) is 49.5 Å². The molecule has 1 fully saturated rings. The van der Waals surface area contributed by atoms with E-state index in [4.69, 9.17) is 0 Å². The minimum Gasteiger partial charge on any atom is -0.342 e. The van der Waals surface area contributed by atoms with Gasteiger partial charge in [-0.15, -0.1) is 0 Å². The first kappa shape index (κ1) is 16.7. The first-order valence-electron chi connectivity index (χ1n) is 8.79. The lowest BCUT2D eigenvalue weighted by molar-refractivity contribution is -0.131. The van der Waals surface area contributed by atoms with E-state index in [2.05, 4.69) is 33.2 Å². The van der Waals surface area contributed by atoms with Crippen molar-refractivity contribution in [3.05, 3.63) is 60.2 Å². The second kappa shape index (κ2) is 7.23. The number of hydrazine groups is 1. The van der Waals surface area contributed by atoms with Crippen LogP contribution in [0.5, 0.6) is 0 Å². The number of carbonyl (C=O) groups excluding carboxylic acids is 1. The maximum atomic E-state index is 12.5. The van der Waals surface area contributed by atoms with Crippen molar-refractivity contribution < 1.29 is 4.79 Å². The fraction of sp³-hybridized carbons (Fsp3) is 0.316. The average molecular weight is 350 g/mol. The van der Waals surface area contributed by atoms with Crippen LogP contribution in [-0.4, -0.2) is 45.4 Å². The van der Waals surface area contributed by atoms with E-state index in [9.17, 15) is 4.79 Å². The molecule has 4 rings (SSSR count). The Morgan fingerprint density at radius 3 is 2.42 bits per heavy atom. The van der Waals surface area contributed by atoms with Gasteiger partial charge in [-0.3, -0.25) is 10.2 Å². The summed E-state index contributed by atoms with van der Waals surface area (Å²) in [6.07, 6.45) is 0.936. The van der Waals surface area contributed by atoms with Gasteiger partial charge in [-0.1, -0.05) is 42.5 Å². The molecule has 0 radical (unpaired) electrons. The van der Waals surface area contributed by atoms with Crippen molar-refractivity contribution in [3.63, 3.8) is 0 Å². The monoisotopic (exact) mass is 350 g/mol. The molecule has 1 aliphatic rings. The molecule has 3 aromatic rings. The number of hydrogen-bond acceptors (Lipinski definition) is 5. The summed E-state index contributed by atoms with van der Waals surface area (Å²) in [7, 11) is 1.82. The zero-order chi connectivity index (χ0) is 17.9. The summed E-state index contributed by atoms with van der Waals surface area (Å²) in [6, 6.07) is 18.4. The quantitative estimate of drug-likeness (QED) is 0.729. The van der Waals surface area contributed by atoms with Gasteiger partial charge in [0.15, 0.2) is 0 Å². The zero-order valence-corrected chi connectivity index (χ0v) is 14.7. The smallest absolute Gasteiger partial charge is 0.245 e. The lowest BCUT2D eigenvalue weighted by Crippen LogP contribution is -2.42. The molecule has 2 atom stereocenters. The van der Waals surface area contributed by atoms with E-state index in [0.717, 1.165) is 17.5 Å².